The zero-order valence-corrected chi connectivity index (χ0v) is 15.1. The average Bonchev–Trinajstić information content (AvgIpc) is 2.70. The fourth-order valence-corrected chi connectivity index (χ4v) is 4.69. The normalized spacial score (nSPS) is 18.9. The number of halogens is 1. The minimum Gasteiger partial charge on any atom is -0.306 e. The molecule has 1 fully saturated rings. The molecule has 4 rings (SSSR count). The Bertz CT molecular complexity index is 787. The molecule has 0 atom stereocenters. The van der Waals surface area contributed by atoms with Crippen LogP contribution >= 0.6 is 23.4 Å². The van der Waals surface area contributed by atoms with Gasteiger partial charge in [0.1, 0.15) is 0 Å². The molecule has 3 nitrogen and oxygen atoms in total. The second-order valence-electron chi connectivity index (χ2n) is 6.42. The monoisotopic (exact) mass is 358 g/mol. The number of fused-ring (bicyclic) bond motifs is 2. The number of rotatable bonds is 1. The second-order valence-corrected chi connectivity index (χ2v) is 7.94. The van der Waals surface area contributed by atoms with Crippen LogP contribution in [0.4, 0.5) is 5.69 Å². The number of anilines is 1. The van der Waals surface area contributed by atoms with Crippen molar-refractivity contribution >= 4 is 35.0 Å². The number of carbonyl (C=O) groups is 1. The maximum absolute atomic E-state index is 13.4. The van der Waals surface area contributed by atoms with Crippen molar-refractivity contribution < 1.29 is 4.79 Å². The first kappa shape index (κ1) is 16.0. The van der Waals surface area contributed by atoms with Crippen LogP contribution < -0.4 is 4.90 Å². The molecule has 0 aliphatic carbocycles. The molecule has 0 unspecified atom stereocenters. The van der Waals surface area contributed by atoms with Crippen molar-refractivity contribution in [2.75, 3.05) is 25.0 Å². The number of hydrogen-bond acceptors (Lipinski definition) is 3. The van der Waals surface area contributed by atoms with Crippen molar-refractivity contribution in [2.24, 2.45) is 0 Å². The summed E-state index contributed by atoms with van der Waals surface area (Å²) in [5.41, 5.74) is 1.73. The maximum Gasteiger partial charge on any atom is 0.259 e. The molecule has 0 aromatic heterocycles. The lowest BCUT2D eigenvalue weighted by Crippen LogP contribution is -2.46. The van der Waals surface area contributed by atoms with Gasteiger partial charge < -0.3 is 9.80 Å². The average molecular weight is 359 g/mol. The van der Waals surface area contributed by atoms with E-state index in [1.54, 1.807) is 17.8 Å². The van der Waals surface area contributed by atoms with Crippen LogP contribution in [-0.2, 0) is 0 Å². The molecule has 2 aromatic rings. The van der Waals surface area contributed by atoms with E-state index in [1.807, 2.05) is 29.2 Å². The van der Waals surface area contributed by atoms with Gasteiger partial charge in [0.05, 0.1) is 11.3 Å². The topological polar surface area (TPSA) is 23.6 Å². The Morgan fingerprint density at radius 1 is 1.08 bits per heavy atom. The molecule has 2 aliphatic rings. The molecule has 2 aromatic carbocycles. The number of amides is 1. The van der Waals surface area contributed by atoms with Gasteiger partial charge in [0.15, 0.2) is 0 Å². The number of piperidine rings is 1. The minimum atomic E-state index is 0.0690. The number of hydrogen-bond donors (Lipinski definition) is 0. The Hall–Kier alpha value is -1.49. The predicted molar refractivity (Wildman–Crippen MR) is 99.3 cm³/mol. The molecule has 0 spiro atoms. The van der Waals surface area contributed by atoms with Gasteiger partial charge in [0.2, 0.25) is 0 Å². The molecule has 124 valence electrons. The van der Waals surface area contributed by atoms with Crippen molar-refractivity contribution in [3.8, 4) is 0 Å². The zero-order chi connectivity index (χ0) is 16.7. The summed E-state index contributed by atoms with van der Waals surface area (Å²) in [7, 11) is 2.14. The van der Waals surface area contributed by atoms with E-state index < -0.39 is 0 Å². The van der Waals surface area contributed by atoms with E-state index in [-0.39, 0.29) is 11.9 Å². The molecule has 2 heterocycles. The van der Waals surface area contributed by atoms with Gasteiger partial charge >= 0.3 is 0 Å². The molecule has 0 N–H and O–H groups in total. The van der Waals surface area contributed by atoms with E-state index in [1.165, 1.54) is 0 Å². The molecule has 0 radical (unpaired) electrons. The summed E-state index contributed by atoms with van der Waals surface area (Å²) in [5, 5.41) is 0.608. The molecule has 0 bridgehead atoms. The Labute approximate surface area is 151 Å². The Morgan fingerprint density at radius 2 is 1.83 bits per heavy atom. The molecular formula is C19H19ClN2OS. The Kier molecular flexibility index (Phi) is 4.29. The van der Waals surface area contributed by atoms with Crippen LogP contribution in [0.5, 0.6) is 0 Å². The summed E-state index contributed by atoms with van der Waals surface area (Å²) < 4.78 is 0. The first-order valence-electron chi connectivity index (χ1n) is 8.22. The van der Waals surface area contributed by atoms with E-state index in [0.717, 1.165) is 41.4 Å². The van der Waals surface area contributed by atoms with Gasteiger partial charge in [0.25, 0.3) is 5.91 Å². The van der Waals surface area contributed by atoms with Crippen LogP contribution in [0.3, 0.4) is 0 Å². The van der Waals surface area contributed by atoms with E-state index >= 15 is 0 Å². The zero-order valence-electron chi connectivity index (χ0n) is 13.5. The van der Waals surface area contributed by atoms with Gasteiger partial charge in [-0.2, -0.15) is 0 Å². The van der Waals surface area contributed by atoms with Crippen LogP contribution in [0.1, 0.15) is 23.2 Å². The van der Waals surface area contributed by atoms with Crippen LogP contribution in [0, 0.1) is 0 Å². The largest absolute Gasteiger partial charge is 0.306 e. The first-order valence-corrected chi connectivity index (χ1v) is 9.41. The highest BCUT2D eigenvalue weighted by atomic mass is 35.5. The molecule has 5 heteroatoms. The third kappa shape index (κ3) is 2.83. The van der Waals surface area contributed by atoms with E-state index in [9.17, 15) is 4.79 Å². The van der Waals surface area contributed by atoms with Crippen molar-refractivity contribution in [1.82, 2.24) is 4.90 Å². The molecule has 2 aliphatic heterocycles. The molecular weight excluding hydrogens is 340 g/mol. The van der Waals surface area contributed by atoms with Crippen LogP contribution in [0.2, 0.25) is 5.02 Å². The number of carbonyl (C=O) groups excluding carboxylic acids is 1. The van der Waals surface area contributed by atoms with Gasteiger partial charge in [-0.05, 0) is 63.3 Å². The molecule has 1 amide bonds. The summed E-state index contributed by atoms with van der Waals surface area (Å²) in [5.74, 6) is 0.0690. The van der Waals surface area contributed by atoms with E-state index in [4.69, 9.17) is 11.6 Å². The van der Waals surface area contributed by atoms with Gasteiger partial charge in [-0.1, -0.05) is 35.5 Å². The number of para-hydroxylation sites is 1. The summed E-state index contributed by atoms with van der Waals surface area (Å²) >= 11 is 7.83. The summed E-state index contributed by atoms with van der Waals surface area (Å²) in [6, 6.07) is 14.1. The smallest absolute Gasteiger partial charge is 0.259 e. The van der Waals surface area contributed by atoms with Crippen LogP contribution in [0.25, 0.3) is 0 Å². The second kappa shape index (κ2) is 6.43. The maximum atomic E-state index is 13.4. The third-order valence-electron chi connectivity index (χ3n) is 4.79. The minimum absolute atomic E-state index is 0.0690. The summed E-state index contributed by atoms with van der Waals surface area (Å²) in [6.07, 6.45) is 1.99. The van der Waals surface area contributed by atoms with Crippen LogP contribution in [-0.4, -0.2) is 37.0 Å². The predicted octanol–water partition coefficient (Wildman–Crippen LogP) is 4.55. The van der Waals surface area contributed by atoms with Gasteiger partial charge in [0, 0.05) is 20.9 Å². The number of benzene rings is 2. The van der Waals surface area contributed by atoms with Crippen LogP contribution in [0.15, 0.2) is 52.3 Å². The molecule has 1 saturated heterocycles. The third-order valence-corrected chi connectivity index (χ3v) is 6.16. The lowest BCUT2D eigenvalue weighted by atomic mass is 10.0. The highest BCUT2D eigenvalue weighted by molar-refractivity contribution is 7.99. The molecule has 0 saturated carbocycles. The standard InChI is InChI=1S/C19H19ClN2OS/c1-21-10-8-14(9-11-21)22-16-4-2-3-5-18(16)24-17-7-6-13(20)12-15(17)19(22)23/h2-7,12,14H,8-11H2,1H3. The highest BCUT2D eigenvalue weighted by Gasteiger charge is 2.33. The SMILES string of the molecule is CN1CCC(N2C(=O)c3cc(Cl)ccc3Sc3ccccc32)CC1. The fourth-order valence-electron chi connectivity index (χ4n) is 3.47. The number of nitrogens with zero attached hydrogens (tertiary/aromatic N) is 2. The van der Waals surface area contributed by atoms with Crippen molar-refractivity contribution in [1.29, 1.82) is 0 Å². The van der Waals surface area contributed by atoms with Crippen molar-refractivity contribution in [3.63, 3.8) is 0 Å². The fraction of sp³-hybridized carbons (Fsp3) is 0.316. The van der Waals surface area contributed by atoms with E-state index in [0.29, 0.717) is 10.6 Å². The van der Waals surface area contributed by atoms with Gasteiger partial charge in [-0.15, -0.1) is 0 Å². The first-order chi connectivity index (χ1) is 11.6. The summed E-state index contributed by atoms with van der Waals surface area (Å²) in [6.45, 7) is 2.04. The molecule has 24 heavy (non-hydrogen) atoms. The summed E-state index contributed by atoms with van der Waals surface area (Å²) in [4.78, 5) is 19.8. The Balaban J connectivity index is 1.82. The lowest BCUT2D eigenvalue weighted by Gasteiger charge is -2.37. The lowest BCUT2D eigenvalue weighted by molar-refractivity contribution is 0.0961. The van der Waals surface area contributed by atoms with Gasteiger partial charge in [-0.3, -0.25) is 4.79 Å². The quantitative estimate of drug-likeness (QED) is 0.747. The number of likely N-dealkylation sites (tertiary alicyclic amines) is 1. The van der Waals surface area contributed by atoms with Crippen molar-refractivity contribution in [3.05, 3.63) is 53.1 Å². The Morgan fingerprint density at radius 3 is 2.62 bits per heavy atom. The van der Waals surface area contributed by atoms with Gasteiger partial charge in [-0.25, -0.2) is 0 Å². The van der Waals surface area contributed by atoms with E-state index in [2.05, 4.69) is 24.1 Å². The highest BCUT2D eigenvalue weighted by Crippen LogP contribution is 2.43. The van der Waals surface area contributed by atoms with Crippen molar-refractivity contribution in [2.45, 2.75) is 28.7 Å².